The van der Waals surface area contributed by atoms with Crippen LogP contribution in [0.25, 0.3) is 0 Å². The van der Waals surface area contributed by atoms with Crippen molar-refractivity contribution in [1.82, 2.24) is 0 Å². The molecule has 216 valence electrons. The van der Waals surface area contributed by atoms with Gasteiger partial charge in [-0.05, 0) is 44.9 Å². The predicted molar refractivity (Wildman–Crippen MR) is 159 cm³/mol. The molecule has 0 saturated carbocycles. The molecule has 0 aliphatic carbocycles. The fraction of sp³-hybridized carbons (Fsp3) is 0.939. The van der Waals surface area contributed by atoms with E-state index in [0.717, 1.165) is 26.1 Å². The summed E-state index contributed by atoms with van der Waals surface area (Å²) in [6.45, 7) is 6.56. The first-order valence-electron chi connectivity index (χ1n) is 16.3. The molecule has 36 heavy (non-hydrogen) atoms. The van der Waals surface area contributed by atoms with E-state index < -0.39 is 0 Å². The van der Waals surface area contributed by atoms with Gasteiger partial charge >= 0.3 is 0 Å². The first-order chi connectivity index (χ1) is 17.8. The molecule has 3 nitrogen and oxygen atoms in total. The summed E-state index contributed by atoms with van der Waals surface area (Å²) in [6, 6.07) is 0. The normalized spacial score (nSPS) is 11.9. The molecule has 0 aliphatic heterocycles. The van der Waals surface area contributed by atoms with Crippen molar-refractivity contribution >= 4 is 0 Å². The molecular weight excluding hydrogens is 444 g/mol. The van der Waals surface area contributed by atoms with Crippen LogP contribution in [0.4, 0.5) is 0 Å². The Bertz CT molecular complexity index is 392. The number of ether oxygens (including phenoxy) is 2. The van der Waals surface area contributed by atoms with Gasteiger partial charge in [-0.1, -0.05) is 142 Å². The Labute approximate surface area is 227 Å². The zero-order valence-corrected chi connectivity index (χ0v) is 24.8. The molecule has 0 saturated heterocycles. The van der Waals surface area contributed by atoms with Crippen molar-refractivity contribution in [1.29, 1.82) is 0 Å². The first kappa shape index (κ1) is 35.6. The predicted octanol–water partition coefficient (Wildman–Crippen LogP) is 10.7. The van der Waals surface area contributed by atoms with E-state index in [1.807, 2.05) is 0 Å². The lowest BCUT2D eigenvalue weighted by atomic mass is 10.0. The largest absolute Gasteiger partial charge is 0.396 e. The Balaban J connectivity index is 3.74. The highest BCUT2D eigenvalue weighted by atomic mass is 16.7. The number of allylic oxidation sites excluding steroid dienone is 1. The molecule has 0 rings (SSSR count). The summed E-state index contributed by atoms with van der Waals surface area (Å²) >= 11 is 0. The van der Waals surface area contributed by atoms with Gasteiger partial charge in [0.25, 0.3) is 0 Å². The number of rotatable bonds is 31. The smallest absolute Gasteiger partial charge is 0.157 e. The Hall–Kier alpha value is -0.380. The molecule has 0 heterocycles. The van der Waals surface area contributed by atoms with E-state index in [-0.39, 0.29) is 12.9 Å². The maximum Gasteiger partial charge on any atom is 0.157 e. The van der Waals surface area contributed by atoms with Gasteiger partial charge in [0.15, 0.2) is 6.29 Å². The van der Waals surface area contributed by atoms with Gasteiger partial charge < -0.3 is 14.6 Å². The van der Waals surface area contributed by atoms with Crippen molar-refractivity contribution in [3.05, 3.63) is 12.2 Å². The quantitative estimate of drug-likeness (QED) is 0.0572. The lowest BCUT2D eigenvalue weighted by Gasteiger charge is -2.19. The van der Waals surface area contributed by atoms with Crippen LogP contribution in [0.15, 0.2) is 12.2 Å². The second-order valence-electron chi connectivity index (χ2n) is 10.8. The summed E-state index contributed by atoms with van der Waals surface area (Å²) in [5.41, 5.74) is 0. The standard InChI is InChI=1S/C33H66O3/c1-3-5-7-9-23-27-31-35-33(36-32-28-24-10-8-6-4-2)29-25-21-19-17-15-13-11-12-14-16-18-20-22-26-30-34/h20,22,33-34H,3-19,21,23-32H2,1-2H3/b22-20-. The van der Waals surface area contributed by atoms with Crippen LogP contribution in [0.2, 0.25) is 0 Å². The minimum atomic E-state index is 0.0229. The highest BCUT2D eigenvalue weighted by molar-refractivity contribution is 4.80. The summed E-state index contributed by atoms with van der Waals surface area (Å²) in [6.07, 6.45) is 36.7. The summed E-state index contributed by atoms with van der Waals surface area (Å²) in [5.74, 6) is 0. The van der Waals surface area contributed by atoms with Crippen LogP contribution in [0.3, 0.4) is 0 Å². The number of unbranched alkanes of at least 4 members (excludes halogenated alkanes) is 20. The third-order valence-electron chi connectivity index (χ3n) is 7.13. The molecule has 0 unspecified atom stereocenters. The average Bonchev–Trinajstić information content (AvgIpc) is 2.89. The Morgan fingerprint density at radius 2 is 0.861 bits per heavy atom. The molecule has 0 atom stereocenters. The molecule has 0 bridgehead atoms. The first-order valence-corrected chi connectivity index (χ1v) is 16.3. The van der Waals surface area contributed by atoms with Gasteiger partial charge in [0.05, 0.1) is 0 Å². The maximum atomic E-state index is 8.75. The third-order valence-corrected chi connectivity index (χ3v) is 7.13. The highest BCUT2D eigenvalue weighted by Crippen LogP contribution is 2.15. The summed E-state index contributed by atoms with van der Waals surface area (Å²) in [5, 5.41) is 8.75. The van der Waals surface area contributed by atoms with E-state index in [2.05, 4.69) is 26.0 Å². The van der Waals surface area contributed by atoms with Gasteiger partial charge in [0.2, 0.25) is 0 Å². The molecule has 0 spiro atoms. The van der Waals surface area contributed by atoms with Crippen molar-refractivity contribution in [3.8, 4) is 0 Å². The van der Waals surface area contributed by atoms with Crippen molar-refractivity contribution in [2.75, 3.05) is 19.8 Å². The molecule has 0 fully saturated rings. The Kier molecular flexibility index (Phi) is 32.3. The van der Waals surface area contributed by atoms with E-state index in [9.17, 15) is 0 Å². The van der Waals surface area contributed by atoms with Crippen LogP contribution in [0.5, 0.6) is 0 Å². The highest BCUT2D eigenvalue weighted by Gasteiger charge is 2.09. The molecule has 0 amide bonds. The SMILES string of the molecule is CCCCCCCCOC(CCCCCCCCCCCC/C=C\CCO)OCCCCCCCC. The monoisotopic (exact) mass is 511 g/mol. The summed E-state index contributed by atoms with van der Waals surface area (Å²) in [7, 11) is 0. The fourth-order valence-electron chi connectivity index (χ4n) is 4.71. The van der Waals surface area contributed by atoms with Crippen LogP contribution in [-0.2, 0) is 9.47 Å². The molecule has 3 heteroatoms. The number of hydrogen-bond acceptors (Lipinski definition) is 3. The van der Waals surface area contributed by atoms with Gasteiger partial charge in [-0.15, -0.1) is 0 Å². The number of aliphatic hydroxyl groups excluding tert-OH is 1. The lowest BCUT2D eigenvalue weighted by molar-refractivity contribution is -0.148. The fourth-order valence-corrected chi connectivity index (χ4v) is 4.71. The van der Waals surface area contributed by atoms with E-state index in [4.69, 9.17) is 14.6 Å². The zero-order chi connectivity index (χ0) is 26.2. The summed E-state index contributed by atoms with van der Waals surface area (Å²) < 4.78 is 12.4. The molecule has 0 aliphatic rings. The minimum Gasteiger partial charge on any atom is -0.396 e. The van der Waals surface area contributed by atoms with Gasteiger partial charge in [-0.2, -0.15) is 0 Å². The van der Waals surface area contributed by atoms with Crippen molar-refractivity contribution < 1.29 is 14.6 Å². The van der Waals surface area contributed by atoms with E-state index in [1.165, 1.54) is 148 Å². The zero-order valence-electron chi connectivity index (χ0n) is 24.8. The molecule has 0 aromatic carbocycles. The minimum absolute atomic E-state index is 0.0229. The van der Waals surface area contributed by atoms with Gasteiger partial charge in [0, 0.05) is 19.8 Å². The maximum absolute atomic E-state index is 8.75. The van der Waals surface area contributed by atoms with Crippen LogP contribution >= 0.6 is 0 Å². The number of aliphatic hydroxyl groups is 1. The molecule has 0 radical (unpaired) electrons. The van der Waals surface area contributed by atoms with Crippen molar-refractivity contribution in [2.24, 2.45) is 0 Å². The van der Waals surface area contributed by atoms with Crippen LogP contribution in [0, 0.1) is 0 Å². The second-order valence-corrected chi connectivity index (χ2v) is 10.8. The van der Waals surface area contributed by atoms with Crippen LogP contribution in [0.1, 0.15) is 174 Å². The topological polar surface area (TPSA) is 38.7 Å². The molecule has 0 aromatic rings. The van der Waals surface area contributed by atoms with E-state index in [0.29, 0.717) is 0 Å². The molecule has 0 aromatic heterocycles. The van der Waals surface area contributed by atoms with Gasteiger partial charge in [-0.3, -0.25) is 0 Å². The molecular formula is C33H66O3. The van der Waals surface area contributed by atoms with Crippen LogP contribution < -0.4 is 0 Å². The van der Waals surface area contributed by atoms with Gasteiger partial charge in [-0.25, -0.2) is 0 Å². The van der Waals surface area contributed by atoms with E-state index in [1.54, 1.807) is 0 Å². The third kappa shape index (κ3) is 29.8. The molecule has 1 N–H and O–H groups in total. The van der Waals surface area contributed by atoms with E-state index >= 15 is 0 Å². The second kappa shape index (κ2) is 32.6. The average molecular weight is 511 g/mol. The van der Waals surface area contributed by atoms with Crippen molar-refractivity contribution in [3.63, 3.8) is 0 Å². The van der Waals surface area contributed by atoms with Crippen molar-refractivity contribution in [2.45, 2.75) is 181 Å². The Morgan fingerprint density at radius 1 is 0.472 bits per heavy atom. The van der Waals surface area contributed by atoms with Gasteiger partial charge in [0.1, 0.15) is 0 Å². The lowest BCUT2D eigenvalue weighted by Crippen LogP contribution is -2.19. The number of hydrogen-bond donors (Lipinski definition) is 1. The van der Waals surface area contributed by atoms with Crippen LogP contribution in [-0.4, -0.2) is 31.2 Å². The Morgan fingerprint density at radius 3 is 1.33 bits per heavy atom. The summed E-state index contributed by atoms with van der Waals surface area (Å²) in [4.78, 5) is 0.